The summed E-state index contributed by atoms with van der Waals surface area (Å²) in [5.41, 5.74) is 0.780. The lowest BCUT2D eigenvalue weighted by Crippen LogP contribution is -2.35. The van der Waals surface area contributed by atoms with Gasteiger partial charge >= 0.3 is 5.97 Å². The van der Waals surface area contributed by atoms with Crippen LogP contribution in [0.1, 0.15) is 50.4 Å². The van der Waals surface area contributed by atoms with Crippen LogP contribution in [0.4, 0.5) is 10.1 Å². The summed E-state index contributed by atoms with van der Waals surface area (Å²) in [6, 6.07) is 3.30. The molecule has 162 valence electrons. The Morgan fingerprint density at radius 2 is 2.00 bits per heavy atom. The molecule has 1 saturated heterocycles. The second kappa shape index (κ2) is 6.28. The van der Waals surface area contributed by atoms with Gasteiger partial charge < -0.3 is 14.6 Å². The Morgan fingerprint density at radius 1 is 1.26 bits per heavy atom. The first kappa shape index (κ1) is 20.0. The first-order chi connectivity index (χ1) is 14.5. The number of nitrogens with zero attached hydrogens (tertiary/aromatic N) is 3. The van der Waals surface area contributed by atoms with Crippen LogP contribution in [0.15, 0.2) is 29.3 Å². The minimum absolute atomic E-state index is 0.122. The second-order valence-electron chi connectivity index (χ2n) is 10.5. The third-order valence-electron chi connectivity index (χ3n) is 7.05. The number of rotatable bonds is 2. The molecule has 1 aliphatic heterocycles. The summed E-state index contributed by atoms with van der Waals surface area (Å²) in [5, 5.41) is 10.2. The summed E-state index contributed by atoms with van der Waals surface area (Å²) in [4.78, 5) is 31.1. The molecule has 2 bridgehead atoms. The summed E-state index contributed by atoms with van der Waals surface area (Å²) in [6.45, 7) is 7.57. The van der Waals surface area contributed by atoms with Gasteiger partial charge in [-0.3, -0.25) is 9.78 Å². The lowest BCUT2D eigenvalue weighted by atomic mass is 9.65. The zero-order valence-electron chi connectivity index (χ0n) is 18.2. The van der Waals surface area contributed by atoms with Crippen molar-refractivity contribution in [2.45, 2.75) is 46.1 Å². The van der Waals surface area contributed by atoms with Crippen molar-refractivity contribution in [1.82, 2.24) is 9.55 Å². The van der Waals surface area contributed by atoms with Gasteiger partial charge in [0.1, 0.15) is 11.4 Å². The van der Waals surface area contributed by atoms with Gasteiger partial charge in [0.25, 0.3) is 0 Å². The average molecular weight is 423 g/mol. The Morgan fingerprint density at radius 3 is 2.71 bits per heavy atom. The quantitative estimate of drug-likeness (QED) is 0.621. The Labute approximate surface area is 179 Å². The standard InChI is InChI=1S/C24H26FN3O3/c1-23(2)7-13-8-24(3,11-23)12-28(13)18-5-14-17(6-16(18)25)26-9-19-20(14)21(29)15(22(30)31)10-27(19)4/h5-6,9-10,13H,7-8,11-12H2,1-4H3,(H,30,31). The van der Waals surface area contributed by atoms with Crippen LogP contribution in [0.3, 0.4) is 0 Å². The summed E-state index contributed by atoms with van der Waals surface area (Å²) in [6.07, 6.45) is 5.90. The number of carboxylic acids is 1. The fourth-order valence-electron chi connectivity index (χ4n) is 6.27. The molecular formula is C24H26FN3O3. The van der Waals surface area contributed by atoms with Crippen LogP contribution in [-0.4, -0.2) is 33.2 Å². The van der Waals surface area contributed by atoms with Gasteiger partial charge in [-0.25, -0.2) is 9.18 Å². The number of benzene rings is 1. The van der Waals surface area contributed by atoms with E-state index in [0.29, 0.717) is 22.1 Å². The number of aromatic carboxylic acids is 1. The Kier molecular flexibility index (Phi) is 4.04. The van der Waals surface area contributed by atoms with E-state index in [1.54, 1.807) is 17.7 Å². The van der Waals surface area contributed by atoms with Crippen molar-refractivity contribution in [2.75, 3.05) is 11.4 Å². The molecule has 2 aliphatic rings. The number of aromatic nitrogens is 2. The molecule has 1 aromatic carbocycles. The molecule has 1 aliphatic carbocycles. The number of aryl methyl sites for hydroxylation is 1. The van der Waals surface area contributed by atoms with Crippen molar-refractivity contribution < 1.29 is 14.3 Å². The van der Waals surface area contributed by atoms with Crippen LogP contribution in [-0.2, 0) is 7.05 Å². The highest BCUT2D eigenvalue weighted by molar-refractivity contribution is 6.07. The van der Waals surface area contributed by atoms with Crippen molar-refractivity contribution >= 4 is 33.5 Å². The number of halogens is 1. The van der Waals surface area contributed by atoms with E-state index in [1.165, 1.54) is 18.5 Å². The minimum Gasteiger partial charge on any atom is -0.477 e. The average Bonchev–Trinajstić information content (AvgIpc) is 2.91. The molecule has 31 heavy (non-hydrogen) atoms. The first-order valence-electron chi connectivity index (χ1n) is 10.6. The summed E-state index contributed by atoms with van der Waals surface area (Å²) in [7, 11) is 1.68. The third-order valence-corrected chi connectivity index (χ3v) is 7.05. The minimum atomic E-state index is -1.28. The SMILES string of the molecule is Cn1cc(C(=O)O)c(=O)c2c3cc(N4CC5(C)CC4CC(C)(C)C5)c(F)cc3ncc21. The van der Waals surface area contributed by atoms with Crippen molar-refractivity contribution in [1.29, 1.82) is 0 Å². The van der Waals surface area contributed by atoms with E-state index in [0.717, 1.165) is 25.8 Å². The molecule has 0 radical (unpaired) electrons. The topological polar surface area (TPSA) is 75.4 Å². The van der Waals surface area contributed by atoms with Crippen molar-refractivity contribution in [3.8, 4) is 0 Å². The molecule has 1 saturated carbocycles. The van der Waals surface area contributed by atoms with Crippen LogP contribution in [0.2, 0.25) is 0 Å². The van der Waals surface area contributed by atoms with E-state index >= 15 is 4.39 Å². The molecule has 6 nitrogen and oxygen atoms in total. The Bertz CT molecular complexity index is 1330. The van der Waals surface area contributed by atoms with Crippen LogP contribution < -0.4 is 10.3 Å². The van der Waals surface area contributed by atoms with E-state index in [1.807, 2.05) is 0 Å². The van der Waals surface area contributed by atoms with E-state index < -0.39 is 11.4 Å². The van der Waals surface area contributed by atoms with Gasteiger partial charge in [0.05, 0.1) is 28.3 Å². The molecule has 2 fully saturated rings. The Balaban J connectivity index is 1.76. The highest BCUT2D eigenvalue weighted by Crippen LogP contribution is 2.53. The maximum absolute atomic E-state index is 15.3. The molecule has 7 heteroatoms. The number of carboxylic acid groups (broad SMARTS) is 1. The zero-order valence-corrected chi connectivity index (χ0v) is 18.2. The third kappa shape index (κ3) is 3.01. The van der Waals surface area contributed by atoms with Gasteiger partial charge in [0, 0.05) is 37.3 Å². The lowest BCUT2D eigenvalue weighted by molar-refractivity contribution is 0.0695. The van der Waals surface area contributed by atoms with Crippen LogP contribution >= 0.6 is 0 Å². The number of hydrogen-bond donors (Lipinski definition) is 1. The smallest absolute Gasteiger partial charge is 0.341 e. The van der Waals surface area contributed by atoms with Crippen molar-refractivity contribution in [3.63, 3.8) is 0 Å². The summed E-state index contributed by atoms with van der Waals surface area (Å²) < 4.78 is 16.9. The largest absolute Gasteiger partial charge is 0.477 e. The molecule has 0 spiro atoms. The molecule has 1 N–H and O–H groups in total. The molecule has 5 rings (SSSR count). The monoisotopic (exact) mass is 423 g/mol. The predicted octanol–water partition coefficient (Wildman–Crippen LogP) is 4.33. The van der Waals surface area contributed by atoms with Gasteiger partial charge in [-0.1, -0.05) is 20.8 Å². The number of fused-ring (bicyclic) bond motifs is 5. The van der Waals surface area contributed by atoms with Gasteiger partial charge in [0.2, 0.25) is 5.43 Å². The van der Waals surface area contributed by atoms with Crippen LogP contribution in [0, 0.1) is 16.6 Å². The van der Waals surface area contributed by atoms with Gasteiger partial charge in [-0.2, -0.15) is 0 Å². The predicted molar refractivity (Wildman–Crippen MR) is 118 cm³/mol. The van der Waals surface area contributed by atoms with Crippen molar-refractivity contribution in [3.05, 3.63) is 46.1 Å². The zero-order chi connectivity index (χ0) is 22.3. The number of anilines is 1. The fourth-order valence-corrected chi connectivity index (χ4v) is 6.27. The van der Waals surface area contributed by atoms with E-state index in [-0.39, 0.29) is 33.6 Å². The van der Waals surface area contributed by atoms with E-state index in [4.69, 9.17) is 0 Å². The van der Waals surface area contributed by atoms with Crippen LogP contribution in [0.25, 0.3) is 21.8 Å². The molecule has 3 aromatic rings. The number of pyridine rings is 2. The number of carbonyl (C=O) groups is 1. The maximum atomic E-state index is 15.3. The molecule has 2 atom stereocenters. The normalized spacial score (nSPS) is 24.8. The summed E-state index contributed by atoms with van der Waals surface area (Å²) >= 11 is 0. The van der Waals surface area contributed by atoms with Gasteiger partial charge in [-0.15, -0.1) is 0 Å². The molecule has 0 amide bonds. The number of hydrogen-bond acceptors (Lipinski definition) is 4. The first-order valence-corrected chi connectivity index (χ1v) is 10.6. The van der Waals surface area contributed by atoms with Gasteiger partial charge in [-0.05, 0) is 36.2 Å². The van der Waals surface area contributed by atoms with E-state index in [2.05, 4.69) is 30.7 Å². The lowest BCUT2D eigenvalue weighted by Gasteiger charge is -2.39. The summed E-state index contributed by atoms with van der Waals surface area (Å²) in [5.74, 6) is -1.64. The fraction of sp³-hybridized carbons (Fsp3) is 0.458. The van der Waals surface area contributed by atoms with Crippen molar-refractivity contribution in [2.24, 2.45) is 17.9 Å². The highest BCUT2D eigenvalue weighted by Gasteiger charge is 2.50. The Hall–Kier alpha value is -2.96. The molecular weight excluding hydrogens is 397 g/mol. The molecule has 3 heterocycles. The molecule has 2 aromatic heterocycles. The highest BCUT2D eigenvalue weighted by atomic mass is 19.1. The van der Waals surface area contributed by atoms with Crippen LogP contribution in [0.5, 0.6) is 0 Å². The van der Waals surface area contributed by atoms with E-state index in [9.17, 15) is 14.7 Å². The second-order valence-corrected chi connectivity index (χ2v) is 10.5. The molecule has 2 unspecified atom stereocenters. The van der Waals surface area contributed by atoms with Gasteiger partial charge in [0.15, 0.2) is 0 Å². The maximum Gasteiger partial charge on any atom is 0.341 e.